The zero-order chi connectivity index (χ0) is 24.3. The number of hydrogen-bond donors (Lipinski definition) is 0. The molecule has 0 radical (unpaired) electrons. The van der Waals surface area contributed by atoms with Gasteiger partial charge in [0.05, 0.1) is 17.6 Å². The molecule has 34 heavy (non-hydrogen) atoms. The van der Waals surface area contributed by atoms with Crippen LogP contribution in [0.1, 0.15) is 5.56 Å². The standard InChI is InChI=1S/C23H24BrFN4O5/c1-3-10-32-21-26-22(33-11-4-2)28-23(27-21)34-15-17-14-29(9-12-31-17)20(30)8-6-16-5-7-19(25)18(24)13-16/h3-8,13,17H,1-2,9-12,14-15H2/b8-6+. The summed E-state index contributed by atoms with van der Waals surface area (Å²) in [4.78, 5) is 26.5. The van der Waals surface area contributed by atoms with E-state index in [0.717, 1.165) is 0 Å². The minimum Gasteiger partial charge on any atom is -0.460 e. The molecule has 11 heteroatoms. The van der Waals surface area contributed by atoms with Crippen LogP contribution in [-0.2, 0) is 9.53 Å². The number of carbonyl (C=O) groups excluding carboxylic acids is 1. The third-order valence-electron chi connectivity index (χ3n) is 4.45. The molecule has 9 nitrogen and oxygen atoms in total. The van der Waals surface area contributed by atoms with Crippen molar-refractivity contribution < 1.29 is 28.1 Å². The Bertz CT molecular complexity index is 1020. The summed E-state index contributed by atoms with van der Waals surface area (Å²) in [5, 5.41) is 0. The van der Waals surface area contributed by atoms with Gasteiger partial charge in [-0.2, -0.15) is 0 Å². The smallest absolute Gasteiger partial charge is 0.326 e. The average Bonchev–Trinajstić information content (AvgIpc) is 2.85. The number of hydrogen-bond acceptors (Lipinski definition) is 8. The summed E-state index contributed by atoms with van der Waals surface area (Å²) >= 11 is 3.13. The van der Waals surface area contributed by atoms with Crippen LogP contribution in [0.15, 0.2) is 54.1 Å². The van der Waals surface area contributed by atoms with E-state index in [1.807, 2.05) is 0 Å². The topological polar surface area (TPSA) is 95.9 Å². The van der Waals surface area contributed by atoms with Crippen LogP contribution in [0.2, 0.25) is 0 Å². The van der Waals surface area contributed by atoms with Crippen LogP contribution in [-0.4, -0.2) is 71.4 Å². The fourth-order valence-electron chi connectivity index (χ4n) is 2.86. The van der Waals surface area contributed by atoms with Crippen molar-refractivity contribution in [3.8, 4) is 18.0 Å². The van der Waals surface area contributed by atoms with Crippen molar-refractivity contribution >= 4 is 27.9 Å². The first kappa shape index (κ1) is 25.3. The maximum absolute atomic E-state index is 13.4. The van der Waals surface area contributed by atoms with Gasteiger partial charge in [-0.15, -0.1) is 15.0 Å². The third kappa shape index (κ3) is 7.63. The normalized spacial score (nSPS) is 15.7. The van der Waals surface area contributed by atoms with Crippen LogP contribution in [0.5, 0.6) is 18.0 Å². The monoisotopic (exact) mass is 534 g/mol. The summed E-state index contributed by atoms with van der Waals surface area (Å²) in [6.07, 6.45) is 5.80. The molecule has 0 aliphatic carbocycles. The van der Waals surface area contributed by atoms with Gasteiger partial charge in [-0.1, -0.05) is 31.4 Å². The highest BCUT2D eigenvalue weighted by Crippen LogP contribution is 2.18. The van der Waals surface area contributed by atoms with E-state index < -0.39 is 6.10 Å². The molecule has 180 valence electrons. The predicted molar refractivity (Wildman–Crippen MR) is 126 cm³/mol. The van der Waals surface area contributed by atoms with Crippen LogP contribution in [0, 0.1) is 5.82 Å². The molecular formula is C23H24BrFN4O5. The van der Waals surface area contributed by atoms with E-state index in [2.05, 4.69) is 44.0 Å². The van der Waals surface area contributed by atoms with Crippen molar-refractivity contribution in [3.05, 3.63) is 65.4 Å². The molecule has 1 amide bonds. The van der Waals surface area contributed by atoms with E-state index in [4.69, 9.17) is 18.9 Å². The highest BCUT2D eigenvalue weighted by Gasteiger charge is 2.24. The minimum atomic E-state index is -0.391. The van der Waals surface area contributed by atoms with Gasteiger partial charge in [-0.05, 0) is 39.7 Å². The van der Waals surface area contributed by atoms with Crippen molar-refractivity contribution in [1.29, 1.82) is 0 Å². The Hall–Kier alpha value is -3.31. The molecule has 1 aliphatic heterocycles. The van der Waals surface area contributed by atoms with Gasteiger partial charge in [-0.25, -0.2) is 4.39 Å². The Morgan fingerprint density at radius 2 is 1.79 bits per heavy atom. The quantitative estimate of drug-likeness (QED) is 0.320. The predicted octanol–water partition coefficient (Wildman–Crippen LogP) is 3.22. The number of halogens is 2. The third-order valence-corrected chi connectivity index (χ3v) is 5.05. The van der Waals surface area contributed by atoms with Crippen molar-refractivity contribution in [2.75, 3.05) is 39.5 Å². The Labute approximate surface area is 205 Å². The van der Waals surface area contributed by atoms with Crippen molar-refractivity contribution in [2.24, 2.45) is 0 Å². The maximum atomic E-state index is 13.4. The Kier molecular flexibility index (Phi) is 9.53. The van der Waals surface area contributed by atoms with E-state index in [1.54, 1.807) is 35.3 Å². The van der Waals surface area contributed by atoms with Gasteiger partial charge in [0.15, 0.2) is 0 Å². The second-order valence-corrected chi connectivity index (χ2v) is 7.83. The van der Waals surface area contributed by atoms with Gasteiger partial charge in [0, 0.05) is 12.6 Å². The second kappa shape index (κ2) is 12.8. The first-order chi connectivity index (χ1) is 16.5. The van der Waals surface area contributed by atoms with E-state index in [0.29, 0.717) is 29.7 Å². The summed E-state index contributed by atoms with van der Waals surface area (Å²) in [6, 6.07) is 4.59. The Morgan fingerprint density at radius 1 is 1.15 bits per heavy atom. The molecule has 3 rings (SSSR count). The number of nitrogens with zero attached hydrogens (tertiary/aromatic N) is 4. The van der Waals surface area contributed by atoms with E-state index in [1.165, 1.54) is 12.1 Å². The maximum Gasteiger partial charge on any atom is 0.326 e. The minimum absolute atomic E-state index is 0.00181. The number of rotatable bonds is 11. The fourth-order valence-corrected chi connectivity index (χ4v) is 3.25. The fraction of sp³-hybridized carbons (Fsp3) is 0.304. The lowest BCUT2D eigenvalue weighted by Crippen LogP contribution is -2.47. The van der Waals surface area contributed by atoms with Gasteiger partial charge in [0.1, 0.15) is 31.7 Å². The molecule has 1 aromatic carbocycles. The SMILES string of the molecule is C=CCOc1nc(OCC=C)nc(OCC2CN(C(=O)/C=C/c3ccc(F)c(Br)c3)CCO2)n1. The zero-order valence-corrected chi connectivity index (χ0v) is 19.9. The van der Waals surface area contributed by atoms with E-state index in [9.17, 15) is 9.18 Å². The Balaban J connectivity index is 1.58. The van der Waals surface area contributed by atoms with Gasteiger partial charge in [0.25, 0.3) is 0 Å². The number of benzene rings is 1. The molecule has 1 atom stereocenters. The number of ether oxygens (including phenoxy) is 4. The highest BCUT2D eigenvalue weighted by atomic mass is 79.9. The van der Waals surface area contributed by atoms with Crippen molar-refractivity contribution in [2.45, 2.75) is 6.10 Å². The molecule has 1 aromatic heterocycles. The first-order valence-corrected chi connectivity index (χ1v) is 11.2. The summed E-state index contributed by atoms with van der Waals surface area (Å²) in [6.45, 7) is 8.80. The molecule has 2 aromatic rings. The number of aromatic nitrogens is 3. The highest BCUT2D eigenvalue weighted by molar-refractivity contribution is 9.10. The summed E-state index contributed by atoms with van der Waals surface area (Å²) in [5.74, 6) is -0.550. The van der Waals surface area contributed by atoms with Gasteiger partial charge >= 0.3 is 18.0 Å². The van der Waals surface area contributed by atoms with Gasteiger partial charge in [0.2, 0.25) is 5.91 Å². The lowest BCUT2D eigenvalue weighted by atomic mass is 10.2. The van der Waals surface area contributed by atoms with Crippen LogP contribution in [0.3, 0.4) is 0 Å². The molecule has 0 bridgehead atoms. The summed E-state index contributed by atoms with van der Waals surface area (Å²) in [7, 11) is 0. The zero-order valence-electron chi connectivity index (χ0n) is 18.4. The Morgan fingerprint density at radius 3 is 2.41 bits per heavy atom. The van der Waals surface area contributed by atoms with Crippen molar-refractivity contribution in [1.82, 2.24) is 19.9 Å². The molecular weight excluding hydrogens is 511 g/mol. The van der Waals surface area contributed by atoms with Crippen LogP contribution >= 0.6 is 15.9 Å². The van der Waals surface area contributed by atoms with Crippen LogP contribution in [0.25, 0.3) is 6.08 Å². The number of carbonyl (C=O) groups is 1. The first-order valence-electron chi connectivity index (χ1n) is 10.4. The summed E-state index contributed by atoms with van der Waals surface area (Å²) in [5.41, 5.74) is 0.702. The lowest BCUT2D eigenvalue weighted by Gasteiger charge is -2.32. The largest absolute Gasteiger partial charge is 0.460 e. The molecule has 1 aliphatic rings. The summed E-state index contributed by atoms with van der Waals surface area (Å²) < 4.78 is 35.8. The van der Waals surface area contributed by atoms with Crippen molar-refractivity contribution in [3.63, 3.8) is 0 Å². The lowest BCUT2D eigenvalue weighted by molar-refractivity contribution is -0.134. The molecule has 1 unspecified atom stereocenters. The molecule has 0 spiro atoms. The molecule has 0 saturated carbocycles. The molecule has 0 N–H and O–H groups in total. The molecule has 2 heterocycles. The second-order valence-electron chi connectivity index (χ2n) is 6.98. The number of amides is 1. The van der Waals surface area contributed by atoms with Gasteiger partial charge in [-0.3, -0.25) is 4.79 Å². The molecule has 1 fully saturated rings. The van der Waals surface area contributed by atoms with E-state index in [-0.39, 0.29) is 49.6 Å². The molecule has 1 saturated heterocycles. The number of morpholine rings is 1. The van der Waals surface area contributed by atoms with Crippen LogP contribution < -0.4 is 14.2 Å². The van der Waals surface area contributed by atoms with Gasteiger partial charge < -0.3 is 23.8 Å². The van der Waals surface area contributed by atoms with Crippen LogP contribution in [0.4, 0.5) is 4.39 Å². The van der Waals surface area contributed by atoms with E-state index >= 15 is 0 Å². The average molecular weight is 535 g/mol.